The minimum atomic E-state index is -0.523. The molecule has 1 aliphatic rings. The van der Waals surface area contributed by atoms with Gasteiger partial charge < -0.3 is 9.73 Å². The lowest BCUT2D eigenvalue weighted by Crippen LogP contribution is -2.41. The summed E-state index contributed by atoms with van der Waals surface area (Å²) < 4.78 is 5.01. The van der Waals surface area contributed by atoms with Gasteiger partial charge in [-0.25, -0.2) is 4.79 Å². The number of anilines is 1. The van der Waals surface area contributed by atoms with Crippen molar-refractivity contribution in [2.75, 3.05) is 12.2 Å². The minimum absolute atomic E-state index is 0.0746. The Morgan fingerprint density at radius 2 is 2.24 bits per heavy atom. The zero-order valence-electron chi connectivity index (χ0n) is 9.57. The predicted molar refractivity (Wildman–Crippen MR) is 60.5 cm³/mol. The molecule has 1 aromatic heterocycles. The molecule has 6 nitrogen and oxygen atoms in total. The fourth-order valence-corrected chi connectivity index (χ4v) is 1.75. The van der Waals surface area contributed by atoms with E-state index >= 15 is 0 Å². The molecule has 0 atom stereocenters. The van der Waals surface area contributed by atoms with Gasteiger partial charge in [-0.2, -0.15) is 5.06 Å². The number of hydrogen-bond donors (Lipinski definition) is 1. The first-order valence-corrected chi connectivity index (χ1v) is 5.10. The lowest BCUT2D eigenvalue weighted by Gasteiger charge is -2.28. The molecular formula is C11H12N2O4. The SMILES string of the molecule is C=C1NC(=O)c2c(CC)cc(=O)oc2N1OC. The molecule has 0 bridgehead atoms. The molecule has 0 unspecified atom stereocenters. The largest absolute Gasteiger partial charge is 0.403 e. The Hall–Kier alpha value is -2.08. The van der Waals surface area contributed by atoms with Crippen LogP contribution in [-0.4, -0.2) is 13.0 Å². The van der Waals surface area contributed by atoms with E-state index in [4.69, 9.17) is 9.25 Å². The molecule has 6 heteroatoms. The second-order valence-corrected chi connectivity index (χ2v) is 3.50. The van der Waals surface area contributed by atoms with Crippen LogP contribution in [-0.2, 0) is 11.3 Å². The zero-order chi connectivity index (χ0) is 12.6. The quantitative estimate of drug-likeness (QED) is 0.821. The molecule has 0 radical (unpaired) electrons. The molecule has 90 valence electrons. The summed E-state index contributed by atoms with van der Waals surface area (Å²) in [6.07, 6.45) is 0.547. The van der Waals surface area contributed by atoms with Gasteiger partial charge in [0.15, 0.2) is 0 Å². The normalized spacial score (nSPS) is 14.6. The number of fused-ring (bicyclic) bond motifs is 1. The van der Waals surface area contributed by atoms with Crippen LogP contribution in [0.15, 0.2) is 27.7 Å². The highest BCUT2D eigenvalue weighted by Gasteiger charge is 2.31. The van der Waals surface area contributed by atoms with Crippen LogP contribution in [0.5, 0.6) is 0 Å². The van der Waals surface area contributed by atoms with Crippen LogP contribution < -0.4 is 16.0 Å². The lowest BCUT2D eigenvalue weighted by molar-refractivity contribution is 0.0915. The standard InChI is InChI=1S/C11H12N2O4/c1-4-7-5-8(14)17-11-9(7)10(15)12-6(2)13(11)16-3/h5H,2,4H2,1,3H3,(H,12,15). The maximum absolute atomic E-state index is 11.8. The number of hydroxylamine groups is 1. The molecule has 0 spiro atoms. The zero-order valence-corrected chi connectivity index (χ0v) is 9.57. The first-order valence-electron chi connectivity index (χ1n) is 5.10. The van der Waals surface area contributed by atoms with Crippen LogP contribution in [0.2, 0.25) is 0 Å². The summed E-state index contributed by atoms with van der Waals surface area (Å²) in [6.45, 7) is 5.46. The fourth-order valence-electron chi connectivity index (χ4n) is 1.75. The van der Waals surface area contributed by atoms with E-state index in [1.807, 2.05) is 6.92 Å². The summed E-state index contributed by atoms with van der Waals surface area (Å²) in [5, 5.41) is 3.71. The van der Waals surface area contributed by atoms with Crippen LogP contribution in [0, 0.1) is 0 Å². The fraction of sp³-hybridized carbons (Fsp3) is 0.273. The van der Waals surface area contributed by atoms with E-state index in [1.54, 1.807) is 0 Å². The second kappa shape index (κ2) is 4.06. The van der Waals surface area contributed by atoms with Crippen molar-refractivity contribution in [1.29, 1.82) is 0 Å². The third-order valence-electron chi connectivity index (χ3n) is 2.50. The number of aryl methyl sites for hydroxylation is 1. The van der Waals surface area contributed by atoms with Crippen LogP contribution >= 0.6 is 0 Å². The highest BCUT2D eigenvalue weighted by atomic mass is 16.7. The number of nitrogens with zero attached hydrogens (tertiary/aromatic N) is 1. The molecular weight excluding hydrogens is 224 g/mol. The number of rotatable bonds is 2. The summed E-state index contributed by atoms with van der Waals surface area (Å²) in [5.74, 6) is -0.0640. The highest BCUT2D eigenvalue weighted by molar-refractivity contribution is 6.03. The van der Waals surface area contributed by atoms with Gasteiger partial charge in [-0.1, -0.05) is 13.5 Å². The third kappa shape index (κ3) is 1.72. The molecule has 0 aliphatic carbocycles. The first kappa shape index (κ1) is 11.4. The van der Waals surface area contributed by atoms with E-state index in [2.05, 4.69) is 11.9 Å². The van der Waals surface area contributed by atoms with Crippen molar-refractivity contribution in [3.8, 4) is 0 Å². The molecule has 0 saturated heterocycles. The van der Waals surface area contributed by atoms with E-state index in [-0.39, 0.29) is 17.6 Å². The maximum atomic E-state index is 11.8. The summed E-state index contributed by atoms with van der Waals surface area (Å²) in [5.41, 5.74) is 0.398. The second-order valence-electron chi connectivity index (χ2n) is 3.50. The summed E-state index contributed by atoms with van der Waals surface area (Å²) in [7, 11) is 1.39. The highest BCUT2D eigenvalue weighted by Crippen LogP contribution is 2.28. The Kier molecular flexibility index (Phi) is 2.72. The molecule has 1 amide bonds. The average molecular weight is 236 g/mol. The van der Waals surface area contributed by atoms with E-state index in [0.29, 0.717) is 17.5 Å². The van der Waals surface area contributed by atoms with Crippen LogP contribution in [0.4, 0.5) is 5.88 Å². The van der Waals surface area contributed by atoms with Gasteiger partial charge >= 0.3 is 5.63 Å². The molecule has 2 heterocycles. The van der Waals surface area contributed by atoms with Crippen molar-refractivity contribution < 1.29 is 14.0 Å². The van der Waals surface area contributed by atoms with Crippen molar-refractivity contribution in [3.05, 3.63) is 40.0 Å². The molecule has 1 N–H and O–H groups in total. The van der Waals surface area contributed by atoms with Gasteiger partial charge in [-0.15, -0.1) is 0 Å². The number of nitrogens with one attached hydrogen (secondary N) is 1. The smallest absolute Gasteiger partial charge is 0.337 e. The molecule has 1 aliphatic heterocycles. The Bertz CT molecular complexity index is 547. The molecule has 0 fully saturated rings. The van der Waals surface area contributed by atoms with Gasteiger partial charge in [0, 0.05) is 6.07 Å². The topological polar surface area (TPSA) is 71.8 Å². The Morgan fingerprint density at radius 3 is 2.82 bits per heavy atom. The number of carbonyl (C=O) groups is 1. The average Bonchev–Trinajstić information content (AvgIpc) is 2.27. The molecule has 2 rings (SSSR count). The van der Waals surface area contributed by atoms with Gasteiger partial charge in [0.2, 0.25) is 5.88 Å². The van der Waals surface area contributed by atoms with Crippen LogP contribution in [0.25, 0.3) is 0 Å². The van der Waals surface area contributed by atoms with Crippen LogP contribution in [0.1, 0.15) is 22.8 Å². The van der Waals surface area contributed by atoms with Crippen LogP contribution in [0.3, 0.4) is 0 Å². The number of hydrogen-bond acceptors (Lipinski definition) is 5. The van der Waals surface area contributed by atoms with Gasteiger partial charge in [0.05, 0.1) is 7.11 Å². The Labute approximate surface area is 97.4 Å². The molecule has 17 heavy (non-hydrogen) atoms. The van der Waals surface area contributed by atoms with E-state index in [9.17, 15) is 9.59 Å². The van der Waals surface area contributed by atoms with Gasteiger partial charge in [-0.3, -0.25) is 9.63 Å². The van der Waals surface area contributed by atoms with E-state index in [0.717, 1.165) is 0 Å². The summed E-state index contributed by atoms with van der Waals surface area (Å²) in [6, 6.07) is 1.31. The summed E-state index contributed by atoms with van der Waals surface area (Å²) >= 11 is 0. The van der Waals surface area contributed by atoms with E-state index < -0.39 is 5.63 Å². The Morgan fingerprint density at radius 1 is 1.53 bits per heavy atom. The minimum Gasteiger partial charge on any atom is -0.403 e. The van der Waals surface area contributed by atoms with Crippen molar-refractivity contribution >= 4 is 11.8 Å². The summed E-state index contributed by atoms with van der Waals surface area (Å²) in [4.78, 5) is 28.2. The number of carbonyl (C=O) groups excluding carboxylic acids is 1. The maximum Gasteiger partial charge on any atom is 0.337 e. The monoisotopic (exact) mass is 236 g/mol. The van der Waals surface area contributed by atoms with E-state index in [1.165, 1.54) is 18.2 Å². The number of amides is 1. The van der Waals surface area contributed by atoms with Crippen molar-refractivity contribution in [2.45, 2.75) is 13.3 Å². The van der Waals surface area contributed by atoms with Crippen molar-refractivity contribution in [2.24, 2.45) is 0 Å². The molecule has 0 aromatic carbocycles. The van der Waals surface area contributed by atoms with Gasteiger partial charge in [0.25, 0.3) is 5.91 Å². The third-order valence-corrected chi connectivity index (χ3v) is 2.50. The molecule has 0 saturated carbocycles. The molecule has 1 aromatic rings. The predicted octanol–water partition coefficient (Wildman–Crippen LogP) is 0.785. The lowest BCUT2D eigenvalue weighted by atomic mass is 10.1. The first-order chi connectivity index (χ1) is 8.08. The van der Waals surface area contributed by atoms with Gasteiger partial charge in [0.1, 0.15) is 11.4 Å². The van der Waals surface area contributed by atoms with Crippen molar-refractivity contribution in [3.63, 3.8) is 0 Å². The Balaban J connectivity index is 2.73. The van der Waals surface area contributed by atoms with Gasteiger partial charge in [-0.05, 0) is 12.0 Å². The van der Waals surface area contributed by atoms with Crippen molar-refractivity contribution in [1.82, 2.24) is 5.32 Å².